The smallest absolute Gasteiger partial charge is 0.176 e. The van der Waals surface area contributed by atoms with E-state index in [2.05, 4.69) is 4.98 Å². The van der Waals surface area contributed by atoms with Crippen LogP contribution in [0, 0.1) is 0 Å². The van der Waals surface area contributed by atoms with Crippen LogP contribution in [0.25, 0.3) is 5.69 Å². The first kappa shape index (κ1) is 17.1. The van der Waals surface area contributed by atoms with E-state index in [4.69, 9.17) is 9.47 Å². The summed E-state index contributed by atoms with van der Waals surface area (Å²) in [5, 5.41) is 0.758. The van der Waals surface area contributed by atoms with Crippen LogP contribution in [0.3, 0.4) is 0 Å². The zero-order valence-electron chi connectivity index (χ0n) is 14.0. The van der Waals surface area contributed by atoms with Crippen molar-refractivity contribution in [2.75, 3.05) is 20.0 Å². The van der Waals surface area contributed by atoms with Crippen molar-refractivity contribution in [2.24, 2.45) is 0 Å². The molecule has 0 N–H and O–H groups in total. The summed E-state index contributed by atoms with van der Waals surface area (Å²) in [6.45, 7) is 0. The Morgan fingerprint density at radius 1 is 1.08 bits per heavy atom. The van der Waals surface area contributed by atoms with Gasteiger partial charge in [0.1, 0.15) is 11.5 Å². The molecule has 1 heterocycles. The van der Waals surface area contributed by atoms with Gasteiger partial charge in [-0.15, -0.1) is 0 Å². The van der Waals surface area contributed by atoms with Crippen LogP contribution in [-0.2, 0) is 0 Å². The predicted octanol–water partition coefficient (Wildman–Crippen LogP) is 3.86. The molecule has 25 heavy (non-hydrogen) atoms. The summed E-state index contributed by atoms with van der Waals surface area (Å²) in [4.78, 5) is 16.9. The van der Waals surface area contributed by atoms with E-state index in [0.29, 0.717) is 11.3 Å². The topological polar surface area (TPSA) is 53.4 Å². The molecule has 0 saturated carbocycles. The van der Waals surface area contributed by atoms with Crippen molar-refractivity contribution >= 4 is 17.5 Å². The molecule has 128 valence electrons. The second-order valence-corrected chi connectivity index (χ2v) is 6.13. The fourth-order valence-corrected chi connectivity index (χ4v) is 3.28. The van der Waals surface area contributed by atoms with Gasteiger partial charge in [0.05, 0.1) is 25.5 Å². The van der Waals surface area contributed by atoms with Gasteiger partial charge < -0.3 is 9.47 Å². The third kappa shape index (κ3) is 3.85. The van der Waals surface area contributed by atoms with Crippen molar-refractivity contribution in [3.8, 4) is 17.2 Å². The van der Waals surface area contributed by atoms with Gasteiger partial charge >= 0.3 is 0 Å². The number of ketones is 1. The molecule has 5 nitrogen and oxygen atoms in total. The monoisotopic (exact) mass is 354 g/mol. The molecular weight excluding hydrogens is 336 g/mol. The molecule has 1 aromatic heterocycles. The van der Waals surface area contributed by atoms with Gasteiger partial charge in [-0.1, -0.05) is 23.9 Å². The van der Waals surface area contributed by atoms with E-state index in [1.807, 2.05) is 47.2 Å². The minimum absolute atomic E-state index is 0.00623. The average molecular weight is 354 g/mol. The van der Waals surface area contributed by atoms with E-state index < -0.39 is 0 Å². The van der Waals surface area contributed by atoms with Crippen molar-refractivity contribution in [1.29, 1.82) is 0 Å². The van der Waals surface area contributed by atoms with Gasteiger partial charge in [-0.05, 0) is 36.4 Å². The Morgan fingerprint density at radius 3 is 2.56 bits per heavy atom. The van der Waals surface area contributed by atoms with Crippen molar-refractivity contribution < 1.29 is 14.3 Å². The zero-order chi connectivity index (χ0) is 17.6. The van der Waals surface area contributed by atoms with Gasteiger partial charge in [-0.3, -0.25) is 9.36 Å². The summed E-state index contributed by atoms with van der Waals surface area (Å²) >= 11 is 1.40. The van der Waals surface area contributed by atoms with Gasteiger partial charge in [0.2, 0.25) is 0 Å². The highest BCUT2D eigenvalue weighted by atomic mass is 32.2. The Bertz CT molecular complexity index is 859. The number of carbonyl (C=O) groups excluding carboxylic acids is 1. The third-order valence-corrected chi connectivity index (χ3v) is 4.66. The maximum atomic E-state index is 12.5. The van der Waals surface area contributed by atoms with Crippen LogP contribution in [0.1, 0.15) is 10.4 Å². The van der Waals surface area contributed by atoms with Crippen LogP contribution in [0.5, 0.6) is 11.5 Å². The molecule has 0 aliphatic heterocycles. The fourth-order valence-electron chi connectivity index (χ4n) is 2.42. The standard InChI is InChI=1S/C19H18N2O3S/c1-23-15-9-7-14(8-10-15)21-12-11-20-19(21)25-13-17(22)16-5-3-4-6-18(16)24-2/h3-12H,13H2,1-2H3. The number of ether oxygens (including phenoxy) is 2. The van der Waals surface area contributed by atoms with Gasteiger partial charge in [0.25, 0.3) is 0 Å². The van der Waals surface area contributed by atoms with E-state index in [9.17, 15) is 4.79 Å². The first-order chi connectivity index (χ1) is 12.2. The summed E-state index contributed by atoms with van der Waals surface area (Å²) in [7, 11) is 3.20. The van der Waals surface area contributed by atoms with Crippen LogP contribution in [0.4, 0.5) is 0 Å². The summed E-state index contributed by atoms with van der Waals surface area (Å²) in [5.41, 5.74) is 1.55. The molecule has 0 spiro atoms. The van der Waals surface area contributed by atoms with Gasteiger partial charge in [-0.25, -0.2) is 4.98 Å². The molecule has 0 radical (unpaired) electrons. The zero-order valence-corrected chi connectivity index (χ0v) is 14.8. The first-order valence-corrected chi connectivity index (χ1v) is 8.68. The number of para-hydroxylation sites is 1. The van der Waals surface area contributed by atoms with E-state index in [-0.39, 0.29) is 11.5 Å². The molecular formula is C19H18N2O3S. The highest BCUT2D eigenvalue weighted by Crippen LogP contribution is 2.25. The van der Waals surface area contributed by atoms with E-state index in [1.54, 1.807) is 32.5 Å². The SMILES string of the molecule is COc1ccc(-n2ccnc2SCC(=O)c2ccccc2OC)cc1. The fraction of sp³-hybridized carbons (Fsp3) is 0.158. The number of imidazole rings is 1. The highest BCUT2D eigenvalue weighted by Gasteiger charge is 2.14. The number of hydrogen-bond donors (Lipinski definition) is 0. The summed E-state index contributed by atoms with van der Waals surface area (Å²) in [6, 6.07) is 14.9. The number of carbonyl (C=O) groups is 1. The second kappa shape index (κ2) is 7.90. The number of hydrogen-bond acceptors (Lipinski definition) is 5. The van der Waals surface area contributed by atoms with Crippen molar-refractivity contribution in [3.63, 3.8) is 0 Å². The van der Waals surface area contributed by atoms with Crippen LogP contribution in [0.2, 0.25) is 0 Å². The molecule has 0 atom stereocenters. The number of methoxy groups -OCH3 is 2. The molecule has 0 aliphatic rings. The maximum Gasteiger partial charge on any atom is 0.176 e. The Labute approximate surface area is 150 Å². The van der Waals surface area contributed by atoms with E-state index in [1.165, 1.54) is 11.8 Å². The third-order valence-electron chi connectivity index (χ3n) is 3.70. The Balaban J connectivity index is 1.74. The molecule has 2 aromatic carbocycles. The van der Waals surface area contributed by atoms with E-state index >= 15 is 0 Å². The molecule has 3 rings (SSSR count). The summed E-state index contributed by atoms with van der Waals surface area (Å²) in [5.74, 6) is 1.68. The number of Topliss-reactive ketones (excluding diaryl/α,β-unsaturated/α-hetero) is 1. The highest BCUT2D eigenvalue weighted by molar-refractivity contribution is 7.99. The lowest BCUT2D eigenvalue weighted by Gasteiger charge is -2.09. The minimum atomic E-state index is 0.00623. The Morgan fingerprint density at radius 2 is 1.84 bits per heavy atom. The van der Waals surface area contributed by atoms with Crippen molar-refractivity contribution in [3.05, 3.63) is 66.5 Å². The van der Waals surface area contributed by atoms with Crippen LogP contribution in [-0.4, -0.2) is 35.3 Å². The van der Waals surface area contributed by atoms with Crippen LogP contribution >= 0.6 is 11.8 Å². The van der Waals surface area contributed by atoms with Crippen LogP contribution < -0.4 is 9.47 Å². The number of nitrogens with zero attached hydrogens (tertiary/aromatic N) is 2. The lowest BCUT2D eigenvalue weighted by Crippen LogP contribution is -2.06. The van der Waals surface area contributed by atoms with Gasteiger partial charge in [0, 0.05) is 18.1 Å². The molecule has 0 unspecified atom stereocenters. The number of aromatic nitrogens is 2. The van der Waals surface area contributed by atoms with E-state index in [0.717, 1.165) is 16.6 Å². The molecule has 6 heteroatoms. The molecule has 0 aliphatic carbocycles. The van der Waals surface area contributed by atoms with Gasteiger partial charge in [0.15, 0.2) is 10.9 Å². The molecule has 0 bridgehead atoms. The lowest BCUT2D eigenvalue weighted by molar-refractivity contribution is 0.101. The number of thioether (sulfide) groups is 1. The molecule has 0 saturated heterocycles. The predicted molar refractivity (Wildman–Crippen MR) is 98.2 cm³/mol. The Hall–Kier alpha value is -2.73. The first-order valence-electron chi connectivity index (χ1n) is 7.69. The Kier molecular flexibility index (Phi) is 5.40. The van der Waals surface area contributed by atoms with Gasteiger partial charge in [-0.2, -0.15) is 0 Å². The summed E-state index contributed by atoms with van der Waals surface area (Å²) in [6.07, 6.45) is 3.60. The van der Waals surface area contributed by atoms with Crippen LogP contribution in [0.15, 0.2) is 66.1 Å². The van der Waals surface area contributed by atoms with Crippen molar-refractivity contribution in [1.82, 2.24) is 9.55 Å². The largest absolute Gasteiger partial charge is 0.497 e. The normalized spacial score (nSPS) is 10.5. The molecule has 3 aromatic rings. The van der Waals surface area contributed by atoms with Crippen molar-refractivity contribution in [2.45, 2.75) is 5.16 Å². The molecule has 0 amide bonds. The quantitative estimate of drug-likeness (QED) is 0.476. The maximum absolute atomic E-state index is 12.5. The second-order valence-electron chi connectivity index (χ2n) is 5.19. The average Bonchev–Trinajstić information content (AvgIpc) is 3.14. The number of rotatable bonds is 7. The lowest BCUT2D eigenvalue weighted by atomic mass is 10.1. The number of benzene rings is 2. The summed E-state index contributed by atoms with van der Waals surface area (Å²) < 4.78 is 12.4. The molecule has 0 fully saturated rings. The minimum Gasteiger partial charge on any atom is -0.497 e.